The van der Waals surface area contributed by atoms with Gasteiger partial charge in [-0.2, -0.15) is 5.10 Å². The summed E-state index contributed by atoms with van der Waals surface area (Å²) in [5, 5.41) is 17.6. The van der Waals surface area contributed by atoms with E-state index in [1.54, 1.807) is 10.9 Å². The summed E-state index contributed by atoms with van der Waals surface area (Å²) in [6.07, 6.45) is 3.64. The van der Waals surface area contributed by atoms with Crippen molar-refractivity contribution in [3.05, 3.63) is 47.2 Å². The number of aliphatic hydroxyl groups is 1. The molecule has 0 fully saturated rings. The van der Waals surface area contributed by atoms with E-state index in [4.69, 9.17) is 11.6 Å². The van der Waals surface area contributed by atoms with Crippen molar-refractivity contribution in [2.24, 2.45) is 0 Å². The van der Waals surface area contributed by atoms with Gasteiger partial charge in [0.25, 0.3) is 0 Å². The molecule has 19 heavy (non-hydrogen) atoms. The summed E-state index contributed by atoms with van der Waals surface area (Å²) in [5.74, 6) is 0. The van der Waals surface area contributed by atoms with Crippen molar-refractivity contribution in [3.63, 3.8) is 0 Å². The monoisotopic (exact) mass is 279 g/mol. The summed E-state index contributed by atoms with van der Waals surface area (Å²) >= 11 is 5.94. The fourth-order valence-electron chi connectivity index (χ4n) is 1.67. The smallest absolute Gasteiger partial charge is 0.0802 e. The van der Waals surface area contributed by atoms with Crippen LogP contribution in [0.15, 0.2) is 36.7 Å². The molecule has 0 radical (unpaired) electrons. The predicted octanol–water partition coefficient (Wildman–Crippen LogP) is 2.88. The minimum Gasteiger partial charge on any atom is -0.394 e. The first-order chi connectivity index (χ1) is 9.01. The largest absolute Gasteiger partial charge is 0.394 e. The molecule has 1 aromatic heterocycles. The number of hydrogen-bond acceptors (Lipinski definition) is 3. The van der Waals surface area contributed by atoms with Crippen LogP contribution < -0.4 is 5.32 Å². The Kier molecular flexibility index (Phi) is 4.12. The molecule has 1 heterocycles. The van der Waals surface area contributed by atoms with Crippen molar-refractivity contribution < 1.29 is 5.11 Å². The molecule has 0 saturated carbocycles. The summed E-state index contributed by atoms with van der Waals surface area (Å²) in [5.41, 5.74) is 1.64. The lowest BCUT2D eigenvalue weighted by molar-refractivity contribution is 0.152. The second-order valence-electron chi connectivity index (χ2n) is 5.13. The number of anilines is 1. The highest BCUT2D eigenvalue weighted by Crippen LogP contribution is 2.17. The Hall–Kier alpha value is -1.52. The summed E-state index contributed by atoms with van der Waals surface area (Å²) in [4.78, 5) is 0. The molecule has 0 unspecified atom stereocenters. The molecule has 4 nitrogen and oxygen atoms in total. The van der Waals surface area contributed by atoms with Crippen LogP contribution in [0, 0.1) is 0 Å². The van der Waals surface area contributed by atoms with Gasteiger partial charge in [0.2, 0.25) is 0 Å². The number of aromatic nitrogens is 2. The van der Waals surface area contributed by atoms with Crippen LogP contribution >= 0.6 is 11.6 Å². The van der Waals surface area contributed by atoms with E-state index < -0.39 is 5.54 Å². The standard InChI is InChI=1S/C14H18ClN3O/c1-14(2,10-19)18-9-13(8-17-18)16-7-11-4-3-5-12(15)6-11/h3-6,8-9,16,19H,7,10H2,1-2H3. The Morgan fingerprint density at radius 1 is 1.42 bits per heavy atom. The third-order valence-corrected chi connectivity index (χ3v) is 3.21. The topological polar surface area (TPSA) is 50.1 Å². The maximum absolute atomic E-state index is 9.30. The summed E-state index contributed by atoms with van der Waals surface area (Å²) < 4.78 is 1.76. The van der Waals surface area contributed by atoms with Gasteiger partial charge in [-0.05, 0) is 31.5 Å². The second-order valence-corrected chi connectivity index (χ2v) is 5.56. The van der Waals surface area contributed by atoms with E-state index in [-0.39, 0.29) is 6.61 Å². The van der Waals surface area contributed by atoms with Gasteiger partial charge >= 0.3 is 0 Å². The zero-order valence-corrected chi connectivity index (χ0v) is 11.9. The Morgan fingerprint density at radius 2 is 2.21 bits per heavy atom. The number of rotatable bonds is 5. The highest BCUT2D eigenvalue weighted by molar-refractivity contribution is 6.30. The van der Waals surface area contributed by atoms with E-state index >= 15 is 0 Å². The third kappa shape index (κ3) is 3.49. The van der Waals surface area contributed by atoms with Crippen LogP contribution in [0.2, 0.25) is 5.02 Å². The Balaban J connectivity index is 2.01. The van der Waals surface area contributed by atoms with E-state index in [2.05, 4.69) is 10.4 Å². The van der Waals surface area contributed by atoms with Crippen molar-refractivity contribution in [2.75, 3.05) is 11.9 Å². The highest BCUT2D eigenvalue weighted by Gasteiger charge is 2.19. The van der Waals surface area contributed by atoms with E-state index in [0.717, 1.165) is 16.3 Å². The number of nitrogens with zero attached hydrogens (tertiary/aromatic N) is 2. The van der Waals surface area contributed by atoms with Crippen LogP contribution in [0.5, 0.6) is 0 Å². The molecule has 0 saturated heterocycles. The predicted molar refractivity (Wildman–Crippen MR) is 77.4 cm³/mol. The molecule has 0 atom stereocenters. The molecule has 0 aliphatic carbocycles. The molecule has 0 bridgehead atoms. The van der Waals surface area contributed by atoms with Crippen LogP contribution in [0.3, 0.4) is 0 Å². The molecule has 2 rings (SSSR count). The maximum atomic E-state index is 9.30. The van der Waals surface area contributed by atoms with Gasteiger partial charge in [0, 0.05) is 17.8 Å². The van der Waals surface area contributed by atoms with Crippen molar-refractivity contribution in [3.8, 4) is 0 Å². The summed E-state index contributed by atoms with van der Waals surface area (Å²) in [6.45, 7) is 4.59. The van der Waals surface area contributed by atoms with Crippen molar-refractivity contribution in [2.45, 2.75) is 25.9 Å². The number of hydrogen-bond donors (Lipinski definition) is 2. The van der Waals surface area contributed by atoms with E-state index in [1.165, 1.54) is 0 Å². The molecule has 2 N–H and O–H groups in total. The minimum absolute atomic E-state index is 0.0441. The van der Waals surface area contributed by atoms with Crippen molar-refractivity contribution in [1.29, 1.82) is 0 Å². The van der Waals surface area contributed by atoms with Crippen molar-refractivity contribution in [1.82, 2.24) is 9.78 Å². The Morgan fingerprint density at radius 3 is 2.89 bits per heavy atom. The van der Waals surface area contributed by atoms with Gasteiger partial charge in [0.15, 0.2) is 0 Å². The average Bonchev–Trinajstić information content (AvgIpc) is 2.86. The first kappa shape index (κ1) is 13.9. The van der Waals surface area contributed by atoms with Gasteiger partial charge in [-0.3, -0.25) is 4.68 Å². The third-order valence-electron chi connectivity index (χ3n) is 2.98. The van der Waals surface area contributed by atoms with Crippen LogP contribution in [-0.4, -0.2) is 21.5 Å². The first-order valence-electron chi connectivity index (χ1n) is 6.15. The summed E-state index contributed by atoms with van der Waals surface area (Å²) in [6, 6.07) is 7.72. The quantitative estimate of drug-likeness (QED) is 0.885. The number of benzene rings is 1. The maximum Gasteiger partial charge on any atom is 0.0802 e. The van der Waals surface area contributed by atoms with E-state index in [1.807, 2.05) is 44.3 Å². The summed E-state index contributed by atoms with van der Waals surface area (Å²) in [7, 11) is 0. The molecular weight excluding hydrogens is 262 g/mol. The number of aliphatic hydroxyl groups excluding tert-OH is 1. The Bertz CT molecular complexity index is 551. The van der Waals surface area contributed by atoms with Crippen LogP contribution in [0.25, 0.3) is 0 Å². The number of halogens is 1. The lowest BCUT2D eigenvalue weighted by atomic mass is 10.1. The molecule has 5 heteroatoms. The van der Waals surface area contributed by atoms with E-state index in [0.29, 0.717) is 6.54 Å². The van der Waals surface area contributed by atoms with Crippen molar-refractivity contribution >= 4 is 17.3 Å². The van der Waals surface area contributed by atoms with Crippen LogP contribution in [-0.2, 0) is 12.1 Å². The average molecular weight is 280 g/mol. The van der Waals surface area contributed by atoms with Gasteiger partial charge in [0.05, 0.1) is 24.0 Å². The zero-order valence-electron chi connectivity index (χ0n) is 11.1. The molecule has 0 aliphatic heterocycles. The first-order valence-corrected chi connectivity index (χ1v) is 6.53. The second kappa shape index (κ2) is 5.63. The fraction of sp³-hybridized carbons (Fsp3) is 0.357. The normalized spacial score (nSPS) is 11.6. The van der Waals surface area contributed by atoms with Crippen LogP contribution in [0.4, 0.5) is 5.69 Å². The molecule has 0 aliphatic rings. The fourth-order valence-corrected chi connectivity index (χ4v) is 1.88. The lowest BCUT2D eigenvalue weighted by Gasteiger charge is -2.21. The van der Waals surface area contributed by atoms with Gasteiger partial charge in [-0.1, -0.05) is 23.7 Å². The zero-order chi connectivity index (χ0) is 13.9. The van der Waals surface area contributed by atoms with Gasteiger partial charge in [-0.25, -0.2) is 0 Å². The SMILES string of the molecule is CC(C)(CO)n1cc(NCc2cccc(Cl)c2)cn1. The lowest BCUT2D eigenvalue weighted by Crippen LogP contribution is -2.30. The number of nitrogens with one attached hydrogen (secondary N) is 1. The molecule has 2 aromatic rings. The van der Waals surface area contributed by atoms with Gasteiger partial charge in [-0.15, -0.1) is 0 Å². The van der Waals surface area contributed by atoms with Gasteiger partial charge < -0.3 is 10.4 Å². The van der Waals surface area contributed by atoms with E-state index in [9.17, 15) is 5.11 Å². The molecule has 102 valence electrons. The van der Waals surface area contributed by atoms with Gasteiger partial charge in [0.1, 0.15) is 0 Å². The minimum atomic E-state index is -0.393. The molecule has 0 amide bonds. The highest BCUT2D eigenvalue weighted by atomic mass is 35.5. The molecule has 1 aromatic carbocycles. The Labute approximate surface area is 118 Å². The molecular formula is C14H18ClN3O. The van der Waals surface area contributed by atoms with Crippen LogP contribution in [0.1, 0.15) is 19.4 Å². The molecule has 0 spiro atoms.